The summed E-state index contributed by atoms with van der Waals surface area (Å²) >= 11 is 3.53. The van der Waals surface area contributed by atoms with Crippen LogP contribution in [0.3, 0.4) is 0 Å². The van der Waals surface area contributed by atoms with E-state index in [9.17, 15) is 4.79 Å². The second kappa shape index (κ2) is 7.58. The van der Waals surface area contributed by atoms with Crippen molar-refractivity contribution in [2.24, 2.45) is 18.7 Å². The Morgan fingerprint density at radius 3 is 2.76 bits per heavy atom. The Morgan fingerprint density at radius 1 is 1.44 bits per heavy atom. The van der Waals surface area contributed by atoms with E-state index in [0.29, 0.717) is 11.5 Å². The van der Waals surface area contributed by atoms with Crippen molar-refractivity contribution in [2.45, 2.75) is 25.9 Å². The summed E-state index contributed by atoms with van der Waals surface area (Å²) in [6, 6.07) is 5.31. The molecule has 0 bridgehead atoms. The Balaban J connectivity index is 1.96. The summed E-state index contributed by atoms with van der Waals surface area (Å²) < 4.78 is 8.91. The molecule has 0 saturated carbocycles. The molecule has 2 heterocycles. The number of halogens is 1. The molecule has 1 aromatic heterocycles. The standard InChI is InChI=1S/C18H23BrN4O2/c1-11(12-5-7-21-8-6-12)25-16-4-3-13(18(20)24)9-14(16)17-15(19)10-22-23(17)2/h3-4,9-12,21H,5-8H2,1-2H3,(H2,20,24). The number of ether oxygens (including phenoxy) is 1. The van der Waals surface area contributed by atoms with Crippen molar-refractivity contribution in [1.29, 1.82) is 0 Å². The van der Waals surface area contributed by atoms with Crippen LogP contribution in [0.25, 0.3) is 11.3 Å². The highest BCUT2D eigenvalue weighted by Gasteiger charge is 2.24. The first-order valence-corrected chi connectivity index (χ1v) is 9.25. The Hall–Kier alpha value is -1.86. The van der Waals surface area contributed by atoms with E-state index in [2.05, 4.69) is 33.3 Å². The predicted molar refractivity (Wildman–Crippen MR) is 101 cm³/mol. The lowest BCUT2D eigenvalue weighted by atomic mass is 9.93. The number of aryl methyl sites for hydroxylation is 1. The maximum atomic E-state index is 11.6. The number of piperidine rings is 1. The molecule has 1 aliphatic heterocycles. The zero-order chi connectivity index (χ0) is 18.0. The van der Waals surface area contributed by atoms with E-state index in [1.807, 2.05) is 13.1 Å². The van der Waals surface area contributed by atoms with E-state index in [1.165, 1.54) is 0 Å². The van der Waals surface area contributed by atoms with Crippen LogP contribution in [0.15, 0.2) is 28.9 Å². The molecule has 1 amide bonds. The van der Waals surface area contributed by atoms with Gasteiger partial charge in [-0.3, -0.25) is 9.48 Å². The number of nitrogens with zero attached hydrogens (tertiary/aromatic N) is 2. The van der Waals surface area contributed by atoms with E-state index in [-0.39, 0.29) is 6.10 Å². The Bertz CT molecular complexity index is 749. The molecule has 134 valence electrons. The zero-order valence-corrected chi connectivity index (χ0v) is 16.0. The van der Waals surface area contributed by atoms with Crippen molar-refractivity contribution in [2.75, 3.05) is 13.1 Å². The minimum absolute atomic E-state index is 0.0901. The third-order valence-corrected chi connectivity index (χ3v) is 5.35. The number of hydrogen-bond donors (Lipinski definition) is 2. The molecule has 0 spiro atoms. The molecule has 2 aromatic rings. The Labute approximate surface area is 155 Å². The first-order chi connectivity index (χ1) is 12.0. The fourth-order valence-corrected chi connectivity index (χ4v) is 3.86. The number of amides is 1. The summed E-state index contributed by atoms with van der Waals surface area (Å²) in [5, 5.41) is 7.64. The van der Waals surface area contributed by atoms with Gasteiger partial charge in [0.25, 0.3) is 0 Å². The summed E-state index contributed by atoms with van der Waals surface area (Å²) in [5.74, 6) is 0.790. The zero-order valence-electron chi connectivity index (χ0n) is 14.5. The van der Waals surface area contributed by atoms with E-state index in [0.717, 1.165) is 47.4 Å². The van der Waals surface area contributed by atoms with E-state index in [4.69, 9.17) is 10.5 Å². The van der Waals surface area contributed by atoms with Gasteiger partial charge in [0.1, 0.15) is 5.75 Å². The highest BCUT2D eigenvalue weighted by Crippen LogP contribution is 2.36. The molecule has 0 aliphatic carbocycles. The van der Waals surface area contributed by atoms with Gasteiger partial charge in [-0.2, -0.15) is 5.10 Å². The highest BCUT2D eigenvalue weighted by atomic mass is 79.9. The summed E-state index contributed by atoms with van der Waals surface area (Å²) in [4.78, 5) is 11.6. The van der Waals surface area contributed by atoms with Crippen LogP contribution >= 0.6 is 15.9 Å². The van der Waals surface area contributed by atoms with Crippen molar-refractivity contribution in [3.8, 4) is 17.0 Å². The van der Waals surface area contributed by atoms with Crippen LogP contribution in [-0.2, 0) is 7.05 Å². The van der Waals surface area contributed by atoms with E-state index < -0.39 is 5.91 Å². The molecule has 3 N–H and O–H groups in total. The number of primary amides is 1. The third-order valence-electron chi connectivity index (χ3n) is 4.77. The fraction of sp³-hybridized carbons (Fsp3) is 0.444. The summed E-state index contributed by atoms with van der Waals surface area (Å²) in [6.45, 7) is 4.16. The number of nitrogens with one attached hydrogen (secondary N) is 1. The number of aromatic nitrogens is 2. The fourth-order valence-electron chi connectivity index (χ4n) is 3.29. The van der Waals surface area contributed by atoms with Gasteiger partial charge in [0.05, 0.1) is 22.5 Å². The van der Waals surface area contributed by atoms with E-state index in [1.54, 1.807) is 23.0 Å². The van der Waals surface area contributed by atoms with Gasteiger partial charge >= 0.3 is 0 Å². The van der Waals surface area contributed by atoms with Gasteiger partial charge in [0, 0.05) is 18.2 Å². The molecule has 7 heteroatoms. The average Bonchev–Trinajstić information content (AvgIpc) is 2.94. The topological polar surface area (TPSA) is 82.2 Å². The van der Waals surface area contributed by atoms with Crippen molar-refractivity contribution in [3.05, 3.63) is 34.4 Å². The highest BCUT2D eigenvalue weighted by molar-refractivity contribution is 9.10. The summed E-state index contributed by atoms with van der Waals surface area (Å²) in [6.07, 6.45) is 4.02. The lowest BCUT2D eigenvalue weighted by Gasteiger charge is -2.29. The van der Waals surface area contributed by atoms with Crippen LogP contribution < -0.4 is 15.8 Å². The van der Waals surface area contributed by atoms with Crippen molar-refractivity contribution < 1.29 is 9.53 Å². The van der Waals surface area contributed by atoms with Crippen LogP contribution in [0.5, 0.6) is 5.75 Å². The molecule has 1 fully saturated rings. The molecule has 0 radical (unpaired) electrons. The second-order valence-corrected chi connectivity index (χ2v) is 7.30. The average molecular weight is 407 g/mol. The molecular weight excluding hydrogens is 384 g/mol. The van der Waals surface area contributed by atoms with Gasteiger partial charge in [-0.05, 0) is 72.9 Å². The first-order valence-electron chi connectivity index (χ1n) is 8.46. The molecule has 1 saturated heterocycles. The normalized spacial score (nSPS) is 16.6. The van der Waals surface area contributed by atoms with Crippen LogP contribution in [0.1, 0.15) is 30.1 Å². The largest absolute Gasteiger partial charge is 0.490 e. The lowest BCUT2D eigenvalue weighted by Crippen LogP contribution is -2.35. The van der Waals surface area contributed by atoms with Crippen LogP contribution in [0, 0.1) is 5.92 Å². The van der Waals surface area contributed by atoms with Gasteiger partial charge in [-0.25, -0.2) is 0 Å². The number of carbonyl (C=O) groups excluding carboxylic acids is 1. The number of hydrogen-bond acceptors (Lipinski definition) is 4. The molecule has 1 atom stereocenters. The SMILES string of the molecule is CC(Oc1ccc(C(N)=O)cc1-c1c(Br)cnn1C)C1CCNCC1. The first kappa shape index (κ1) is 17.9. The molecule has 1 aromatic carbocycles. The van der Waals surface area contributed by atoms with Crippen LogP contribution in [0.2, 0.25) is 0 Å². The van der Waals surface area contributed by atoms with Crippen LogP contribution in [0.4, 0.5) is 0 Å². The molecule has 1 unspecified atom stereocenters. The maximum Gasteiger partial charge on any atom is 0.248 e. The second-order valence-electron chi connectivity index (χ2n) is 6.45. The predicted octanol–water partition coefficient (Wildman–Crippen LogP) is 2.72. The summed E-state index contributed by atoms with van der Waals surface area (Å²) in [5.41, 5.74) is 7.57. The number of benzene rings is 1. The van der Waals surface area contributed by atoms with E-state index >= 15 is 0 Å². The molecule has 6 nitrogen and oxygen atoms in total. The number of nitrogens with two attached hydrogens (primary N) is 1. The maximum absolute atomic E-state index is 11.6. The van der Waals surface area contributed by atoms with Gasteiger partial charge in [-0.1, -0.05) is 0 Å². The van der Waals surface area contributed by atoms with Crippen molar-refractivity contribution >= 4 is 21.8 Å². The Morgan fingerprint density at radius 2 is 2.16 bits per heavy atom. The monoisotopic (exact) mass is 406 g/mol. The lowest BCUT2D eigenvalue weighted by molar-refractivity contribution is 0.1000. The molecular formula is C18H23BrN4O2. The molecule has 1 aliphatic rings. The van der Waals surface area contributed by atoms with Gasteiger partial charge in [0.15, 0.2) is 0 Å². The van der Waals surface area contributed by atoms with Crippen molar-refractivity contribution in [3.63, 3.8) is 0 Å². The summed E-state index contributed by atoms with van der Waals surface area (Å²) in [7, 11) is 1.86. The smallest absolute Gasteiger partial charge is 0.248 e. The van der Waals surface area contributed by atoms with Gasteiger partial charge in [0.2, 0.25) is 5.91 Å². The quantitative estimate of drug-likeness (QED) is 0.799. The number of rotatable bonds is 5. The van der Waals surface area contributed by atoms with Gasteiger partial charge < -0.3 is 15.8 Å². The molecule has 25 heavy (non-hydrogen) atoms. The van der Waals surface area contributed by atoms with Crippen LogP contribution in [-0.4, -0.2) is 34.9 Å². The Kier molecular flexibility index (Phi) is 5.44. The molecule has 3 rings (SSSR count). The minimum atomic E-state index is -0.461. The number of carbonyl (C=O) groups is 1. The van der Waals surface area contributed by atoms with Gasteiger partial charge in [-0.15, -0.1) is 0 Å². The third kappa shape index (κ3) is 3.88. The van der Waals surface area contributed by atoms with Crippen molar-refractivity contribution in [1.82, 2.24) is 15.1 Å². The minimum Gasteiger partial charge on any atom is -0.490 e.